The maximum atomic E-state index is 5.84. The Bertz CT molecular complexity index is 393. The lowest BCUT2D eigenvalue weighted by molar-refractivity contribution is 0.343. The molecule has 0 spiro atoms. The van der Waals surface area contributed by atoms with Crippen molar-refractivity contribution in [1.82, 2.24) is 4.98 Å². The fraction of sp³-hybridized carbons (Fsp3) is 0.786. The fourth-order valence-electron chi connectivity index (χ4n) is 2.35. The molecule has 0 radical (unpaired) electrons. The fourth-order valence-corrected chi connectivity index (χ4v) is 3.66. The molecule has 0 bridgehead atoms. The lowest BCUT2D eigenvalue weighted by Gasteiger charge is -2.24. The molecule has 2 nitrogen and oxygen atoms in total. The lowest BCUT2D eigenvalue weighted by Crippen LogP contribution is -2.27. The summed E-state index contributed by atoms with van der Waals surface area (Å²) in [5, 5.41) is 1.23. The number of hydrogen-bond donors (Lipinski definition) is 1. The average molecular weight is 252 g/mol. The van der Waals surface area contributed by atoms with Crippen molar-refractivity contribution in [3.8, 4) is 0 Å². The molecule has 0 saturated heterocycles. The topological polar surface area (TPSA) is 38.9 Å². The van der Waals surface area contributed by atoms with Gasteiger partial charge in [-0.2, -0.15) is 0 Å². The summed E-state index contributed by atoms with van der Waals surface area (Å²) in [6, 6.07) is 0. The van der Waals surface area contributed by atoms with Crippen LogP contribution in [-0.4, -0.2) is 11.5 Å². The number of nitrogens with zero attached hydrogens (tertiary/aromatic N) is 1. The van der Waals surface area contributed by atoms with Crippen molar-refractivity contribution in [3.05, 3.63) is 15.6 Å². The van der Waals surface area contributed by atoms with Crippen LogP contribution >= 0.6 is 11.3 Å². The quantitative estimate of drug-likeness (QED) is 0.897. The van der Waals surface area contributed by atoms with Crippen molar-refractivity contribution in [2.24, 2.45) is 17.6 Å². The van der Waals surface area contributed by atoms with Crippen LogP contribution in [0.15, 0.2) is 0 Å². The summed E-state index contributed by atoms with van der Waals surface area (Å²) in [7, 11) is 0. The zero-order valence-electron chi connectivity index (χ0n) is 11.4. The molecule has 96 valence electrons. The van der Waals surface area contributed by atoms with Gasteiger partial charge in [-0.1, -0.05) is 27.7 Å². The van der Waals surface area contributed by atoms with E-state index in [2.05, 4.69) is 27.7 Å². The molecule has 2 N–H and O–H groups in total. The number of fused-ring (bicyclic) bond motifs is 1. The second kappa shape index (κ2) is 4.69. The maximum Gasteiger partial charge on any atom is 0.1000 e. The van der Waals surface area contributed by atoms with Gasteiger partial charge in [0.1, 0.15) is 0 Å². The van der Waals surface area contributed by atoms with Gasteiger partial charge in [0.15, 0.2) is 0 Å². The second-order valence-corrected chi connectivity index (χ2v) is 7.31. The molecule has 17 heavy (non-hydrogen) atoms. The van der Waals surface area contributed by atoms with Gasteiger partial charge in [-0.15, -0.1) is 11.3 Å². The zero-order valence-corrected chi connectivity index (χ0v) is 12.2. The van der Waals surface area contributed by atoms with E-state index >= 15 is 0 Å². The molecular weight excluding hydrogens is 228 g/mol. The van der Waals surface area contributed by atoms with Gasteiger partial charge in [0, 0.05) is 16.8 Å². The number of thiazole rings is 1. The third-order valence-corrected chi connectivity index (χ3v) is 5.50. The molecule has 1 unspecified atom stereocenters. The predicted octanol–water partition coefficient (Wildman–Crippen LogP) is 3.14. The predicted molar refractivity (Wildman–Crippen MR) is 74.5 cm³/mol. The first-order valence-electron chi connectivity index (χ1n) is 6.63. The molecule has 3 heteroatoms. The lowest BCUT2D eigenvalue weighted by atomic mass is 9.83. The van der Waals surface area contributed by atoms with Crippen molar-refractivity contribution >= 4 is 11.3 Å². The van der Waals surface area contributed by atoms with E-state index in [9.17, 15) is 0 Å². The Kier molecular flexibility index (Phi) is 3.60. The van der Waals surface area contributed by atoms with Crippen LogP contribution in [0.2, 0.25) is 0 Å². The van der Waals surface area contributed by atoms with E-state index in [1.165, 1.54) is 28.4 Å². The van der Waals surface area contributed by atoms with Gasteiger partial charge in [0.2, 0.25) is 0 Å². The minimum Gasteiger partial charge on any atom is -0.330 e. The van der Waals surface area contributed by atoms with Crippen LogP contribution in [0.25, 0.3) is 0 Å². The molecule has 1 aliphatic carbocycles. The molecular formula is C14H24N2S. The second-order valence-electron chi connectivity index (χ2n) is 6.22. The third-order valence-electron chi connectivity index (χ3n) is 4.01. The van der Waals surface area contributed by atoms with Crippen LogP contribution in [0.4, 0.5) is 0 Å². The highest BCUT2D eigenvalue weighted by Gasteiger charge is 2.29. The van der Waals surface area contributed by atoms with Crippen LogP contribution in [0.1, 0.15) is 49.7 Å². The van der Waals surface area contributed by atoms with Gasteiger partial charge in [-0.3, -0.25) is 0 Å². The molecule has 0 saturated carbocycles. The van der Waals surface area contributed by atoms with Gasteiger partial charge in [0.25, 0.3) is 0 Å². The molecule has 0 fully saturated rings. The van der Waals surface area contributed by atoms with E-state index in [-0.39, 0.29) is 5.41 Å². The molecule has 1 aromatic rings. The Hall–Kier alpha value is -0.410. The van der Waals surface area contributed by atoms with Crippen molar-refractivity contribution in [1.29, 1.82) is 0 Å². The van der Waals surface area contributed by atoms with E-state index in [0.717, 1.165) is 18.3 Å². The van der Waals surface area contributed by atoms with Gasteiger partial charge < -0.3 is 5.73 Å². The molecule has 0 aliphatic heterocycles. The number of hydrogen-bond acceptors (Lipinski definition) is 3. The zero-order chi connectivity index (χ0) is 12.6. The first-order chi connectivity index (χ1) is 7.94. The van der Waals surface area contributed by atoms with Crippen LogP contribution in [0.3, 0.4) is 0 Å². The Morgan fingerprint density at radius 2 is 2.18 bits per heavy atom. The summed E-state index contributed by atoms with van der Waals surface area (Å²) in [5.74, 6) is 1.63. The summed E-state index contributed by atoms with van der Waals surface area (Å²) < 4.78 is 0. The average Bonchev–Trinajstić information content (AvgIpc) is 2.72. The van der Waals surface area contributed by atoms with Crippen molar-refractivity contribution in [2.45, 2.75) is 52.4 Å². The Labute approximate surface area is 109 Å². The highest BCUT2D eigenvalue weighted by atomic mass is 32.1. The van der Waals surface area contributed by atoms with Crippen LogP contribution in [-0.2, 0) is 18.3 Å². The van der Waals surface area contributed by atoms with Crippen LogP contribution in [0.5, 0.6) is 0 Å². The molecule has 1 atom stereocenters. The monoisotopic (exact) mass is 252 g/mol. The normalized spacial score (nSPS) is 20.7. The minimum atomic E-state index is 0.0370. The highest BCUT2D eigenvalue weighted by molar-refractivity contribution is 7.11. The summed E-state index contributed by atoms with van der Waals surface area (Å²) in [4.78, 5) is 6.35. The van der Waals surface area contributed by atoms with E-state index < -0.39 is 0 Å². The van der Waals surface area contributed by atoms with E-state index in [1.807, 2.05) is 11.3 Å². The maximum absolute atomic E-state index is 5.84. The summed E-state index contributed by atoms with van der Waals surface area (Å²) in [6.45, 7) is 9.73. The van der Waals surface area contributed by atoms with E-state index in [0.29, 0.717) is 6.54 Å². The summed E-state index contributed by atoms with van der Waals surface area (Å²) >= 11 is 1.90. The molecule has 0 amide bonds. The van der Waals surface area contributed by atoms with Crippen LogP contribution in [0, 0.1) is 11.8 Å². The Balaban J connectivity index is 2.23. The van der Waals surface area contributed by atoms with Crippen molar-refractivity contribution < 1.29 is 0 Å². The first-order valence-corrected chi connectivity index (χ1v) is 7.45. The molecule has 1 heterocycles. The van der Waals surface area contributed by atoms with Gasteiger partial charge in [-0.25, -0.2) is 4.98 Å². The molecule has 1 aliphatic rings. The largest absolute Gasteiger partial charge is 0.330 e. The van der Waals surface area contributed by atoms with Gasteiger partial charge in [0.05, 0.1) is 10.7 Å². The molecule has 1 aromatic heterocycles. The standard InChI is InChI=1S/C14H24N2S/c1-9(2)10-5-6-11-12(7-10)17-13(16-11)14(3,4)8-15/h9-10H,5-8,15H2,1-4H3. The highest BCUT2D eigenvalue weighted by Crippen LogP contribution is 2.36. The third kappa shape index (κ3) is 2.55. The van der Waals surface area contributed by atoms with Gasteiger partial charge >= 0.3 is 0 Å². The smallest absolute Gasteiger partial charge is 0.1000 e. The molecule has 2 rings (SSSR count). The summed E-state index contributed by atoms with van der Waals surface area (Å²) in [6.07, 6.45) is 3.69. The number of aryl methyl sites for hydroxylation is 1. The van der Waals surface area contributed by atoms with Crippen molar-refractivity contribution in [2.75, 3.05) is 6.54 Å². The Morgan fingerprint density at radius 1 is 1.47 bits per heavy atom. The Morgan fingerprint density at radius 3 is 2.76 bits per heavy atom. The number of nitrogens with two attached hydrogens (primary N) is 1. The minimum absolute atomic E-state index is 0.0370. The van der Waals surface area contributed by atoms with Gasteiger partial charge in [-0.05, 0) is 31.1 Å². The van der Waals surface area contributed by atoms with Crippen molar-refractivity contribution in [3.63, 3.8) is 0 Å². The SMILES string of the molecule is CC(C)C1CCc2nc(C(C)(C)CN)sc2C1. The molecule has 0 aromatic carbocycles. The van der Waals surface area contributed by atoms with E-state index in [4.69, 9.17) is 10.7 Å². The number of rotatable bonds is 3. The first kappa shape index (κ1) is 13.0. The number of aromatic nitrogens is 1. The van der Waals surface area contributed by atoms with Crippen LogP contribution < -0.4 is 5.73 Å². The van der Waals surface area contributed by atoms with E-state index in [1.54, 1.807) is 0 Å². The summed E-state index contributed by atoms with van der Waals surface area (Å²) in [5.41, 5.74) is 7.23.